The van der Waals surface area contributed by atoms with Gasteiger partial charge in [0.2, 0.25) is 0 Å². The molecule has 2 aromatic heterocycles. The van der Waals surface area contributed by atoms with Gasteiger partial charge in [-0.25, -0.2) is 0 Å². The number of carbonyl (C=O) groups is 1. The Morgan fingerprint density at radius 2 is 1.79 bits per heavy atom. The monoisotopic (exact) mass is 446 g/mol. The molecule has 0 fully saturated rings. The van der Waals surface area contributed by atoms with E-state index in [4.69, 9.17) is 14.2 Å². The normalized spacial score (nSPS) is 15.2. The largest absolute Gasteiger partial charge is 0.497 e. The molecule has 4 aromatic rings. The second-order valence-corrected chi connectivity index (χ2v) is 8.10. The van der Waals surface area contributed by atoms with Gasteiger partial charge in [-0.05, 0) is 55.3 Å². The number of H-pyrrole nitrogens is 2. The predicted molar refractivity (Wildman–Crippen MR) is 124 cm³/mol. The molecule has 1 atom stereocenters. The quantitative estimate of drug-likeness (QED) is 0.447. The number of benzene rings is 2. The summed E-state index contributed by atoms with van der Waals surface area (Å²) in [6.07, 6.45) is 2.67. The Kier molecular flexibility index (Phi) is 5.20. The summed E-state index contributed by atoms with van der Waals surface area (Å²) in [4.78, 5) is 18.6. The second-order valence-electron chi connectivity index (χ2n) is 8.10. The molecule has 0 saturated heterocycles. The van der Waals surface area contributed by atoms with Crippen molar-refractivity contribution in [3.63, 3.8) is 0 Å². The van der Waals surface area contributed by atoms with Crippen LogP contribution in [0.15, 0.2) is 42.6 Å². The van der Waals surface area contributed by atoms with Crippen LogP contribution >= 0.6 is 0 Å². The van der Waals surface area contributed by atoms with Gasteiger partial charge in [-0.2, -0.15) is 5.10 Å². The van der Waals surface area contributed by atoms with E-state index in [1.165, 1.54) is 0 Å². The van der Waals surface area contributed by atoms with E-state index >= 15 is 0 Å². The zero-order chi connectivity index (χ0) is 23.1. The van der Waals surface area contributed by atoms with Crippen molar-refractivity contribution < 1.29 is 19.0 Å². The molecule has 5 rings (SSSR count). The van der Waals surface area contributed by atoms with E-state index in [2.05, 4.69) is 15.2 Å². The third-order valence-electron chi connectivity index (χ3n) is 6.37. The van der Waals surface area contributed by atoms with Gasteiger partial charge in [-0.3, -0.25) is 9.89 Å². The highest BCUT2D eigenvalue weighted by Crippen LogP contribution is 2.44. The number of ether oxygens (including phenoxy) is 3. The van der Waals surface area contributed by atoms with Crippen LogP contribution in [0.5, 0.6) is 17.2 Å². The summed E-state index contributed by atoms with van der Waals surface area (Å²) in [5, 5.41) is 8.37. The summed E-state index contributed by atoms with van der Waals surface area (Å²) in [5.41, 5.74) is 5.24. The van der Waals surface area contributed by atoms with Crippen LogP contribution in [0.4, 0.5) is 0 Å². The molecule has 170 valence electrons. The van der Waals surface area contributed by atoms with Crippen molar-refractivity contribution in [1.29, 1.82) is 0 Å². The molecule has 2 N–H and O–H groups in total. The number of rotatable bonds is 7. The molecule has 3 heterocycles. The molecule has 1 aliphatic rings. The number of aromatic amines is 2. The highest BCUT2D eigenvalue weighted by atomic mass is 16.5. The van der Waals surface area contributed by atoms with Gasteiger partial charge in [0.05, 0.1) is 27.4 Å². The fourth-order valence-corrected chi connectivity index (χ4v) is 4.68. The molecular weight excluding hydrogens is 420 g/mol. The zero-order valence-electron chi connectivity index (χ0n) is 19.1. The third kappa shape index (κ3) is 3.38. The van der Waals surface area contributed by atoms with Crippen molar-refractivity contribution in [1.82, 2.24) is 20.1 Å². The summed E-state index contributed by atoms with van der Waals surface area (Å²) in [5.74, 6) is 2.11. The fraction of sp³-hybridized carbons (Fsp3) is 0.280. The minimum atomic E-state index is -0.323. The fourth-order valence-electron chi connectivity index (χ4n) is 4.68. The predicted octanol–water partition coefficient (Wildman–Crippen LogP) is 4.01. The van der Waals surface area contributed by atoms with Crippen LogP contribution in [-0.4, -0.2) is 53.9 Å². The van der Waals surface area contributed by atoms with Crippen LogP contribution in [0.3, 0.4) is 0 Å². The average Bonchev–Trinajstić information content (AvgIpc) is 3.51. The second kappa shape index (κ2) is 8.20. The number of carbonyl (C=O) groups excluding carboxylic acids is 1. The standard InChI is InChI=1S/C25H26N4O4/c1-14-22-23(28-27-14)25(30)29(24(22)19-12-17(32-3)6-8-21(19)33-4)10-9-15-13-26-20-7-5-16(31-2)11-18(15)20/h5-8,11-13,24,26H,9-10H2,1-4H3,(H,27,28)/t24-/m1/s1. The summed E-state index contributed by atoms with van der Waals surface area (Å²) in [6.45, 7) is 2.46. The first-order valence-corrected chi connectivity index (χ1v) is 10.8. The number of hydrogen-bond acceptors (Lipinski definition) is 5. The lowest BCUT2D eigenvalue weighted by Crippen LogP contribution is -2.31. The summed E-state index contributed by atoms with van der Waals surface area (Å²) in [7, 11) is 4.92. The molecule has 0 unspecified atom stereocenters. The number of nitrogens with zero attached hydrogens (tertiary/aromatic N) is 2. The van der Waals surface area contributed by atoms with Gasteiger partial charge in [0.15, 0.2) is 5.69 Å². The Labute approximate surface area is 191 Å². The number of methoxy groups -OCH3 is 3. The average molecular weight is 447 g/mol. The van der Waals surface area contributed by atoms with Crippen LogP contribution < -0.4 is 14.2 Å². The number of aryl methyl sites for hydroxylation is 1. The molecule has 1 amide bonds. The van der Waals surface area contributed by atoms with E-state index in [1.807, 2.05) is 54.4 Å². The van der Waals surface area contributed by atoms with Crippen molar-refractivity contribution in [3.05, 3.63) is 70.7 Å². The first-order chi connectivity index (χ1) is 16.0. The van der Waals surface area contributed by atoms with E-state index < -0.39 is 0 Å². The van der Waals surface area contributed by atoms with Gasteiger partial charge in [0.25, 0.3) is 5.91 Å². The van der Waals surface area contributed by atoms with Crippen molar-refractivity contribution in [2.45, 2.75) is 19.4 Å². The van der Waals surface area contributed by atoms with E-state index in [-0.39, 0.29) is 11.9 Å². The molecule has 0 bridgehead atoms. The molecule has 8 nitrogen and oxygen atoms in total. The maximum Gasteiger partial charge on any atom is 0.275 e. The minimum Gasteiger partial charge on any atom is -0.497 e. The maximum absolute atomic E-state index is 13.4. The van der Waals surface area contributed by atoms with E-state index in [0.717, 1.165) is 39.0 Å². The van der Waals surface area contributed by atoms with Crippen LogP contribution in [0.1, 0.15) is 38.9 Å². The van der Waals surface area contributed by atoms with Crippen LogP contribution in [0.25, 0.3) is 10.9 Å². The Balaban J connectivity index is 1.54. The lowest BCUT2D eigenvalue weighted by atomic mass is 9.97. The minimum absolute atomic E-state index is 0.0957. The Hall–Kier alpha value is -3.94. The first kappa shape index (κ1) is 20.9. The van der Waals surface area contributed by atoms with Crippen LogP contribution in [0.2, 0.25) is 0 Å². The van der Waals surface area contributed by atoms with Crippen molar-refractivity contribution in [2.75, 3.05) is 27.9 Å². The molecule has 0 aliphatic carbocycles. The van der Waals surface area contributed by atoms with Crippen LogP contribution in [0, 0.1) is 6.92 Å². The van der Waals surface area contributed by atoms with Gasteiger partial charge >= 0.3 is 0 Å². The van der Waals surface area contributed by atoms with Crippen molar-refractivity contribution in [2.24, 2.45) is 0 Å². The molecule has 1 aliphatic heterocycles. The SMILES string of the molecule is COc1ccc(OC)c([C@@H]2c3c(n[nH]c3C)C(=O)N2CCc2c[nH]c3ccc(OC)cc23)c1. The maximum atomic E-state index is 13.4. The summed E-state index contributed by atoms with van der Waals surface area (Å²) >= 11 is 0. The molecule has 0 saturated carbocycles. The van der Waals surface area contributed by atoms with Gasteiger partial charge in [-0.1, -0.05) is 0 Å². The molecule has 0 spiro atoms. The highest BCUT2D eigenvalue weighted by molar-refractivity contribution is 5.98. The van der Waals surface area contributed by atoms with E-state index in [1.54, 1.807) is 21.3 Å². The molecule has 2 aromatic carbocycles. The Morgan fingerprint density at radius 1 is 1.03 bits per heavy atom. The molecule has 33 heavy (non-hydrogen) atoms. The lowest BCUT2D eigenvalue weighted by Gasteiger charge is -2.27. The topological polar surface area (TPSA) is 92.5 Å². The number of aromatic nitrogens is 3. The van der Waals surface area contributed by atoms with Crippen molar-refractivity contribution in [3.8, 4) is 17.2 Å². The van der Waals surface area contributed by atoms with Gasteiger partial charge < -0.3 is 24.1 Å². The molecule has 0 radical (unpaired) electrons. The van der Waals surface area contributed by atoms with E-state index in [9.17, 15) is 4.79 Å². The molecular formula is C25H26N4O4. The highest BCUT2D eigenvalue weighted by Gasteiger charge is 2.42. The summed E-state index contributed by atoms with van der Waals surface area (Å²) in [6, 6.07) is 11.3. The summed E-state index contributed by atoms with van der Waals surface area (Å²) < 4.78 is 16.5. The first-order valence-electron chi connectivity index (χ1n) is 10.8. The van der Waals surface area contributed by atoms with Gasteiger partial charge in [0, 0.05) is 40.5 Å². The smallest absolute Gasteiger partial charge is 0.275 e. The van der Waals surface area contributed by atoms with Crippen molar-refractivity contribution >= 4 is 16.8 Å². The number of amides is 1. The molecule has 8 heteroatoms. The third-order valence-corrected chi connectivity index (χ3v) is 6.37. The Bertz CT molecular complexity index is 1340. The number of nitrogens with one attached hydrogen (secondary N) is 2. The van der Waals surface area contributed by atoms with Gasteiger partial charge in [-0.15, -0.1) is 0 Å². The number of fused-ring (bicyclic) bond motifs is 2. The lowest BCUT2D eigenvalue weighted by molar-refractivity contribution is 0.0744. The zero-order valence-corrected chi connectivity index (χ0v) is 19.1. The Morgan fingerprint density at radius 3 is 2.55 bits per heavy atom. The van der Waals surface area contributed by atoms with E-state index in [0.29, 0.717) is 30.2 Å². The number of hydrogen-bond donors (Lipinski definition) is 2. The van der Waals surface area contributed by atoms with Crippen LogP contribution in [-0.2, 0) is 6.42 Å². The van der Waals surface area contributed by atoms with Gasteiger partial charge in [0.1, 0.15) is 17.2 Å².